The van der Waals surface area contributed by atoms with E-state index in [4.69, 9.17) is 0 Å². The van der Waals surface area contributed by atoms with Crippen LogP contribution in [0.1, 0.15) is 6.42 Å². The van der Waals surface area contributed by atoms with Crippen LogP contribution in [0.3, 0.4) is 0 Å². The van der Waals surface area contributed by atoms with Gasteiger partial charge in [-0.2, -0.15) is 0 Å². The average molecular weight is 242 g/mol. The van der Waals surface area contributed by atoms with E-state index in [1.165, 1.54) is 0 Å². The van der Waals surface area contributed by atoms with Crippen molar-refractivity contribution in [3.63, 3.8) is 0 Å². The maximum Gasteiger partial charge on any atom is 0.158 e. The van der Waals surface area contributed by atoms with Crippen molar-refractivity contribution >= 4 is 0 Å². The fourth-order valence-corrected chi connectivity index (χ4v) is 1.95. The molecule has 0 atom stereocenters. The van der Waals surface area contributed by atoms with Crippen molar-refractivity contribution in [2.45, 2.75) is 19.5 Å². The van der Waals surface area contributed by atoms with Gasteiger partial charge in [-0.05, 0) is 6.42 Å². The van der Waals surface area contributed by atoms with E-state index < -0.39 is 0 Å². The van der Waals surface area contributed by atoms with Gasteiger partial charge >= 0.3 is 0 Å². The van der Waals surface area contributed by atoms with Gasteiger partial charge in [0.15, 0.2) is 5.82 Å². The smallest absolute Gasteiger partial charge is 0.158 e. The lowest BCUT2D eigenvalue weighted by Gasteiger charge is -2.06. The Hall–Kier alpha value is -2.37. The topological polar surface area (TPSA) is 64.3 Å². The van der Waals surface area contributed by atoms with Gasteiger partial charge in [0, 0.05) is 37.9 Å². The average Bonchev–Trinajstić information content (AvgIpc) is 3.12. The van der Waals surface area contributed by atoms with E-state index in [0.717, 1.165) is 31.0 Å². The molecule has 1 N–H and O–H groups in total. The van der Waals surface area contributed by atoms with Crippen LogP contribution in [0.15, 0.2) is 43.6 Å². The summed E-state index contributed by atoms with van der Waals surface area (Å²) in [6, 6.07) is 0. The number of nitrogens with one attached hydrogen (secondary N) is 1. The molecule has 3 rings (SSSR count). The first kappa shape index (κ1) is 10.8. The van der Waals surface area contributed by atoms with Crippen LogP contribution in [-0.4, -0.2) is 29.1 Å². The lowest BCUT2D eigenvalue weighted by atomic mass is 10.4. The summed E-state index contributed by atoms with van der Waals surface area (Å²) in [6.45, 7) is 1.88. The largest absolute Gasteiger partial charge is 0.342 e. The van der Waals surface area contributed by atoms with Gasteiger partial charge < -0.3 is 14.1 Å². The molecule has 0 bridgehead atoms. The Kier molecular flexibility index (Phi) is 2.91. The van der Waals surface area contributed by atoms with Gasteiger partial charge in [0.25, 0.3) is 0 Å². The zero-order valence-corrected chi connectivity index (χ0v) is 9.90. The van der Waals surface area contributed by atoms with E-state index in [1.54, 1.807) is 18.7 Å². The second-order valence-electron chi connectivity index (χ2n) is 4.06. The number of aromatic amines is 1. The van der Waals surface area contributed by atoms with Gasteiger partial charge in [0.1, 0.15) is 5.69 Å². The molecule has 3 aromatic rings. The van der Waals surface area contributed by atoms with Gasteiger partial charge in [-0.1, -0.05) is 0 Å². The van der Waals surface area contributed by atoms with Crippen molar-refractivity contribution in [2.75, 3.05) is 0 Å². The minimum Gasteiger partial charge on any atom is -0.342 e. The zero-order valence-electron chi connectivity index (χ0n) is 9.90. The summed E-state index contributed by atoms with van der Waals surface area (Å²) in [7, 11) is 0. The van der Waals surface area contributed by atoms with Crippen molar-refractivity contribution in [1.82, 2.24) is 29.1 Å². The molecule has 0 unspecified atom stereocenters. The van der Waals surface area contributed by atoms with Crippen LogP contribution in [0, 0.1) is 0 Å². The van der Waals surface area contributed by atoms with Gasteiger partial charge in [-0.25, -0.2) is 15.0 Å². The van der Waals surface area contributed by atoms with Crippen LogP contribution in [-0.2, 0) is 13.1 Å². The van der Waals surface area contributed by atoms with Crippen LogP contribution in [0.4, 0.5) is 0 Å². The molecular weight excluding hydrogens is 228 g/mol. The monoisotopic (exact) mass is 242 g/mol. The summed E-state index contributed by atoms with van der Waals surface area (Å²) >= 11 is 0. The minimum atomic E-state index is 0.923. The molecule has 6 heteroatoms. The maximum absolute atomic E-state index is 4.35. The molecule has 0 aliphatic carbocycles. The van der Waals surface area contributed by atoms with Crippen molar-refractivity contribution in [3.8, 4) is 11.5 Å². The van der Waals surface area contributed by atoms with E-state index >= 15 is 0 Å². The number of aromatic nitrogens is 6. The summed E-state index contributed by atoms with van der Waals surface area (Å²) in [5, 5.41) is 0. The Balaban J connectivity index is 1.65. The Morgan fingerprint density at radius 3 is 2.89 bits per heavy atom. The molecule has 0 saturated heterocycles. The first-order chi connectivity index (χ1) is 8.93. The third-order valence-corrected chi connectivity index (χ3v) is 2.83. The van der Waals surface area contributed by atoms with Crippen molar-refractivity contribution in [3.05, 3.63) is 43.6 Å². The predicted molar refractivity (Wildman–Crippen MR) is 66.7 cm³/mol. The number of hydrogen-bond acceptors (Lipinski definition) is 3. The van der Waals surface area contributed by atoms with Crippen LogP contribution >= 0.6 is 0 Å². The highest BCUT2D eigenvalue weighted by molar-refractivity contribution is 5.47. The summed E-state index contributed by atoms with van der Waals surface area (Å²) in [5.74, 6) is 0.929. The van der Waals surface area contributed by atoms with E-state index in [9.17, 15) is 0 Å². The minimum absolute atomic E-state index is 0.923. The normalized spacial score (nSPS) is 10.9. The molecule has 0 aliphatic rings. The molecule has 0 aromatic carbocycles. The SMILES string of the molecule is c1cn(CCCn2ccnc2-c2cnc[nH]2)cn1. The molecule has 0 radical (unpaired) electrons. The molecule has 0 spiro atoms. The Morgan fingerprint density at radius 1 is 1.11 bits per heavy atom. The van der Waals surface area contributed by atoms with Gasteiger partial charge in [-0.3, -0.25) is 0 Å². The molecule has 0 aliphatic heterocycles. The Bertz CT molecular complexity index is 578. The highest BCUT2D eigenvalue weighted by Gasteiger charge is 2.06. The number of rotatable bonds is 5. The third-order valence-electron chi connectivity index (χ3n) is 2.83. The summed E-state index contributed by atoms with van der Waals surface area (Å²) in [6.07, 6.45) is 13.9. The molecule has 18 heavy (non-hydrogen) atoms. The van der Waals surface area contributed by atoms with Crippen LogP contribution in [0.2, 0.25) is 0 Å². The summed E-state index contributed by atoms with van der Waals surface area (Å²) < 4.78 is 4.21. The first-order valence-electron chi connectivity index (χ1n) is 5.89. The van der Waals surface area contributed by atoms with Crippen LogP contribution in [0.5, 0.6) is 0 Å². The third kappa shape index (κ3) is 2.17. The highest BCUT2D eigenvalue weighted by Crippen LogP contribution is 2.13. The van der Waals surface area contributed by atoms with Crippen LogP contribution < -0.4 is 0 Å². The lowest BCUT2D eigenvalue weighted by molar-refractivity contribution is 0.566. The molecule has 3 aromatic heterocycles. The maximum atomic E-state index is 4.35. The van der Waals surface area contributed by atoms with E-state index in [1.807, 2.05) is 24.9 Å². The van der Waals surface area contributed by atoms with Crippen molar-refractivity contribution in [1.29, 1.82) is 0 Å². The van der Waals surface area contributed by atoms with Gasteiger partial charge in [0.05, 0.1) is 18.9 Å². The second kappa shape index (κ2) is 4.87. The van der Waals surface area contributed by atoms with Gasteiger partial charge in [0.2, 0.25) is 0 Å². The van der Waals surface area contributed by atoms with Crippen molar-refractivity contribution < 1.29 is 0 Å². The lowest BCUT2D eigenvalue weighted by Crippen LogP contribution is -2.03. The fraction of sp³-hybridized carbons (Fsp3) is 0.250. The first-order valence-corrected chi connectivity index (χ1v) is 5.89. The molecule has 6 nitrogen and oxygen atoms in total. The number of nitrogens with zero attached hydrogens (tertiary/aromatic N) is 5. The summed E-state index contributed by atoms with van der Waals surface area (Å²) in [4.78, 5) is 15.5. The molecule has 0 saturated carbocycles. The molecular formula is C12H14N6. The number of hydrogen-bond donors (Lipinski definition) is 1. The number of H-pyrrole nitrogens is 1. The molecule has 3 heterocycles. The van der Waals surface area contributed by atoms with E-state index in [2.05, 4.69) is 29.1 Å². The highest BCUT2D eigenvalue weighted by atomic mass is 15.1. The quantitative estimate of drug-likeness (QED) is 0.738. The van der Waals surface area contributed by atoms with E-state index in [-0.39, 0.29) is 0 Å². The standard InChI is InChI=1S/C12H14N6/c1(4-17-6-2-13-10-17)5-18-7-3-15-12(18)11-8-14-9-16-11/h2-3,6-10H,1,4-5H2,(H,14,16). The van der Waals surface area contributed by atoms with Crippen molar-refractivity contribution in [2.24, 2.45) is 0 Å². The molecule has 0 amide bonds. The second-order valence-corrected chi connectivity index (χ2v) is 4.06. The Morgan fingerprint density at radius 2 is 2.11 bits per heavy atom. The van der Waals surface area contributed by atoms with Gasteiger partial charge in [-0.15, -0.1) is 0 Å². The molecule has 92 valence electrons. The summed E-state index contributed by atoms with van der Waals surface area (Å²) in [5.41, 5.74) is 0.947. The number of aryl methyl sites for hydroxylation is 2. The van der Waals surface area contributed by atoms with E-state index in [0.29, 0.717) is 0 Å². The van der Waals surface area contributed by atoms with Crippen LogP contribution in [0.25, 0.3) is 11.5 Å². The number of imidazole rings is 3. The fourth-order valence-electron chi connectivity index (χ4n) is 1.95. The predicted octanol–water partition coefficient (Wildman–Crippen LogP) is 1.56. The zero-order chi connectivity index (χ0) is 12.2. The molecule has 0 fully saturated rings. The Labute approximate surface area is 104 Å².